The largest absolute Gasteiger partial charge is 0.371 e. The number of halogens is 2. The van der Waals surface area contributed by atoms with Crippen LogP contribution < -0.4 is 16.6 Å². The summed E-state index contributed by atoms with van der Waals surface area (Å²) in [5, 5.41) is 4.27. The molecule has 0 unspecified atom stereocenters. The summed E-state index contributed by atoms with van der Waals surface area (Å²) in [6, 6.07) is 12.3. The lowest BCUT2D eigenvalue weighted by molar-refractivity contribution is 0.611. The van der Waals surface area contributed by atoms with Gasteiger partial charge in [-0.15, -0.1) is 0 Å². The van der Waals surface area contributed by atoms with Crippen LogP contribution in [-0.2, 0) is 0 Å². The zero-order valence-electron chi connectivity index (χ0n) is 16.3. The fourth-order valence-electron chi connectivity index (χ4n) is 3.40. The van der Waals surface area contributed by atoms with E-state index in [0.717, 1.165) is 0 Å². The number of pyridine rings is 1. The molecular formula is C22H16ClFN6O. The summed E-state index contributed by atoms with van der Waals surface area (Å²) in [5.74, 6) is -0.342. The van der Waals surface area contributed by atoms with Crippen molar-refractivity contribution in [1.82, 2.24) is 14.5 Å². The van der Waals surface area contributed by atoms with Gasteiger partial charge in [0.05, 0.1) is 28.7 Å². The second kappa shape index (κ2) is 8.05. The van der Waals surface area contributed by atoms with Crippen molar-refractivity contribution in [3.05, 3.63) is 93.0 Å². The van der Waals surface area contributed by atoms with Crippen molar-refractivity contribution >= 4 is 39.8 Å². The molecular weight excluding hydrogens is 419 g/mol. The maximum Gasteiger partial charge on any atom is 0.264 e. The fraction of sp³-hybridized carbons (Fsp3) is 0.0909. The third-order valence-corrected chi connectivity index (χ3v) is 5.14. The number of hydrogen-bond acceptors (Lipinski definition) is 5. The number of anilines is 2. The van der Waals surface area contributed by atoms with Gasteiger partial charge in [-0.2, -0.15) is 0 Å². The average molecular weight is 435 g/mol. The summed E-state index contributed by atoms with van der Waals surface area (Å²) in [6.07, 6.45) is 1.31. The first kappa shape index (κ1) is 20.3. The van der Waals surface area contributed by atoms with Crippen LogP contribution in [0.25, 0.3) is 21.3 Å². The molecule has 4 rings (SSSR count). The highest BCUT2D eigenvalue weighted by Gasteiger charge is 2.20. The highest BCUT2D eigenvalue weighted by molar-refractivity contribution is 6.35. The molecule has 0 spiro atoms. The van der Waals surface area contributed by atoms with Crippen molar-refractivity contribution in [2.75, 3.05) is 11.1 Å². The van der Waals surface area contributed by atoms with Gasteiger partial charge in [-0.3, -0.25) is 9.36 Å². The number of benzene rings is 2. The van der Waals surface area contributed by atoms with Gasteiger partial charge in [0, 0.05) is 11.9 Å². The number of nitrogen functional groups attached to an aromatic ring is 1. The molecule has 2 heterocycles. The van der Waals surface area contributed by atoms with Gasteiger partial charge >= 0.3 is 0 Å². The Morgan fingerprint density at radius 1 is 1.26 bits per heavy atom. The Balaban J connectivity index is 1.96. The molecule has 4 aromatic rings. The van der Waals surface area contributed by atoms with E-state index in [0.29, 0.717) is 11.1 Å². The summed E-state index contributed by atoms with van der Waals surface area (Å²) < 4.78 is 16.0. The molecule has 0 bridgehead atoms. The highest BCUT2D eigenvalue weighted by Crippen LogP contribution is 2.30. The lowest BCUT2D eigenvalue weighted by atomic mass is 10.1. The van der Waals surface area contributed by atoms with Gasteiger partial charge in [-0.05, 0) is 36.6 Å². The summed E-state index contributed by atoms with van der Waals surface area (Å²) in [4.78, 5) is 24.8. The molecule has 0 saturated heterocycles. The first-order chi connectivity index (χ1) is 14.9. The Hall–Kier alpha value is -3.96. The van der Waals surface area contributed by atoms with Crippen LogP contribution in [0.1, 0.15) is 18.7 Å². The van der Waals surface area contributed by atoms with Crippen LogP contribution in [0.2, 0.25) is 5.02 Å². The molecule has 154 valence electrons. The molecule has 2 aromatic heterocycles. The van der Waals surface area contributed by atoms with Gasteiger partial charge in [0.25, 0.3) is 5.56 Å². The standard InChI is InChI=1S/C22H16ClFN6O/c1-12(28-20-16(26-2)11-27-22(25)29-20)18-10-13-6-5-7-14(23)19(13)21(31)30(18)17-9-4-3-8-15(17)24/h3-12H,1H3,(H3,25,27,28,29)/t12-/m0/s1. The van der Waals surface area contributed by atoms with Crippen molar-refractivity contribution < 1.29 is 4.39 Å². The number of nitrogens with one attached hydrogen (secondary N) is 1. The predicted molar refractivity (Wildman–Crippen MR) is 119 cm³/mol. The van der Waals surface area contributed by atoms with Crippen LogP contribution in [-0.4, -0.2) is 14.5 Å². The maximum atomic E-state index is 14.7. The third-order valence-electron chi connectivity index (χ3n) is 4.82. The number of rotatable bonds is 4. The Bertz CT molecular complexity index is 1410. The van der Waals surface area contributed by atoms with Gasteiger partial charge in [-0.1, -0.05) is 35.9 Å². The molecule has 0 aliphatic carbocycles. The second-order valence-corrected chi connectivity index (χ2v) is 7.21. The van der Waals surface area contributed by atoms with Crippen molar-refractivity contribution in [1.29, 1.82) is 0 Å². The first-order valence-electron chi connectivity index (χ1n) is 9.26. The van der Waals surface area contributed by atoms with Gasteiger partial charge in [-0.25, -0.2) is 19.2 Å². The Morgan fingerprint density at radius 3 is 2.77 bits per heavy atom. The minimum atomic E-state index is -0.558. The monoisotopic (exact) mass is 434 g/mol. The van der Waals surface area contributed by atoms with Crippen LogP contribution >= 0.6 is 11.6 Å². The first-order valence-corrected chi connectivity index (χ1v) is 9.64. The van der Waals surface area contributed by atoms with Crippen LogP contribution in [0, 0.1) is 12.4 Å². The summed E-state index contributed by atoms with van der Waals surface area (Å²) in [5.41, 5.74) is 5.93. The van der Waals surface area contributed by atoms with Crippen molar-refractivity contribution in [3.8, 4) is 5.69 Å². The van der Waals surface area contributed by atoms with Crippen LogP contribution in [0.3, 0.4) is 0 Å². The Labute approximate surface area is 181 Å². The van der Waals surface area contributed by atoms with E-state index in [1.165, 1.54) is 22.9 Å². The zero-order valence-corrected chi connectivity index (χ0v) is 17.1. The number of nitrogens with two attached hydrogens (primary N) is 1. The topological polar surface area (TPSA) is 90.2 Å². The predicted octanol–water partition coefficient (Wildman–Crippen LogP) is 4.88. The van der Waals surface area contributed by atoms with Gasteiger partial charge in [0.15, 0.2) is 0 Å². The van der Waals surface area contributed by atoms with E-state index in [-0.39, 0.29) is 33.5 Å². The minimum absolute atomic E-state index is 0.00103. The van der Waals surface area contributed by atoms with E-state index in [4.69, 9.17) is 23.9 Å². The van der Waals surface area contributed by atoms with Gasteiger partial charge in [0.2, 0.25) is 11.6 Å². The summed E-state index contributed by atoms with van der Waals surface area (Å²) in [7, 11) is 0. The molecule has 0 saturated carbocycles. The molecule has 2 aromatic carbocycles. The van der Waals surface area contributed by atoms with E-state index in [9.17, 15) is 9.18 Å². The molecule has 3 N–H and O–H groups in total. The fourth-order valence-corrected chi connectivity index (χ4v) is 3.66. The number of para-hydroxylation sites is 1. The summed E-state index contributed by atoms with van der Waals surface area (Å²) in [6.45, 7) is 9.09. The Morgan fingerprint density at radius 2 is 2.03 bits per heavy atom. The van der Waals surface area contributed by atoms with E-state index >= 15 is 0 Å². The van der Waals surface area contributed by atoms with E-state index in [1.54, 1.807) is 43.3 Å². The molecule has 0 aliphatic rings. The molecule has 0 aliphatic heterocycles. The van der Waals surface area contributed by atoms with Gasteiger partial charge < -0.3 is 11.1 Å². The zero-order chi connectivity index (χ0) is 22.1. The lowest BCUT2D eigenvalue weighted by Gasteiger charge is -2.22. The smallest absolute Gasteiger partial charge is 0.264 e. The number of nitrogens with zero attached hydrogens (tertiary/aromatic N) is 4. The quantitative estimate of drug-likeness (QED) is 0.447. The van der Waals surface area contributed by atoms with E-state index < -0.39 is 17.4 Å². The molecule has 7 nitrogen and oxygen atoms in total. The number of hydrogen-bond donors (Lipinski definition) is 2. The molecule has 9 heteroatoms. The summed E-state index contributed by atoms with van der Waals surface area (Å²) >= 11 is 6.29. The Kier molecular flexibility index (Phi) is 5.28. The second-order valence-electron chi connectivity index (χ2n) is 6.81. The SMILES string of the molecule is [C-]#[N+]c1cnc(N)nc1N[C@@H](C)c1cc2cccc(Cl)c2c(=O)n1-c1ccccc1F. The van der Waals surface area contributed by atoms with Gasteiger partial charge in [0.1, 0.15) is 11.6 Å². The lowest BCUT2D eigenvalue weighted by Crippen LogP contribution is -2.26. The molecule has 0 fully saturated rings. The van der Waals surface area contributed by atoms with Crippen LogP contribution in [0.4, 0.5) is 21.8 Å². The van der Waals surface area contributed by atoms with Crippen molar-refractivity contribution in [2.45, 2.75) is 13.0 Å². The van der Waals surface area contributed by atoms with Crippen LogP contribution in [0.5, 0.6) is 0 Å². The average Bonchev–Trinajstić information content (AvgIpc) is 2.74. The molecule has 1 atom stereocenters. The van der Waals surface area contributed by atoms with Crippen molar-refractivity contribution in [3.63, 3.8) is 0 Å². The van der Waals surface area contributed by atoms with Crippen LogP contribution in [0.15, 0.2) is 59.5 Å². The molecule has 0 radical (unpaired) electrons. The molecule has 0 amide bonds. The van der Waals surface area contributed by atoms with E-state index in [2.05, 4.69) is 20.1 Å². The normalized spacial score (nSPS) is 11.8. The highest BCUT2D eigenvalue weighted by atomic mass is 35.5. The minimum Gasteiger partial charge on any atom is -0.371 e. The maximum absolute atomic E-state index is 14.7. The number of aromatic nitrogens is 3. The van der Waals surface area contributed by atoms with Crippen molar-refractivity contribution in [2.24, 2.45) is 0 Å². The number of fused-ring (bicyclic) bond motifs is 1. The third kappa shape index (κ3) is 3.67. The van der Waals surface area contributed by atoms with E-state index in [1.807, 2.05) is 0 Å². The molecule has 31 heavy (non-hydrogen) atoms.